The lowest BCUT2D eigenvalue weighted by atomic mass is 10.00. The molecule has 0 aromatic carbocycles. The van der Waals surface area contributed by atoms with Gasteiger partial charge < -0.3 is 9.69 Å². The van der Waals surface area contributed by atoms with E-state index in [0.717, 1.165) is 18.8 Å². The maximum Gasteiger partial charge on any atom is 0.129 e. The van der Waals surface area contributed by atoms with Gasteiger partial charge in [-0.2, -0.15) is 0 Å². The fraction of sp³-hybridized carbons (Fsp3) is 0.917. The lowest BCUT2D eigenvalue weighted by Gasteiger charge is -2.09. The van der Waals surface area contributed by atoms with Crippen molar-refractivity contribution in [2.75, 3.05) is 20.1 Å². The number of Topliss-reactive ketones (excluding diaryl/α,β-unsaturated/α-hetero) is 1. The zero-order chi connectivity index (χ0) is 10.4. The van der Waals surface area contributed by atoms with Crippen molar-refractivity contribution < 1.29 is 4.79 Å². The minimum atomic E-state index is 0.339. The van der Waals surface area contributed by atoms with Crippen LogP contribution in [0.2, 0.25) is 0 Å². The van der Waals surface area contributed by atoms with Gasteiger partial charge in [-0.25, -0.2) is 0 Å². The van der Waals surface area contributed by atoms with Crippen molar-refractivity contribution >= 4 is 5.78 Å². The van der Waals surface area contributed by atoms with Gasteiger partial charge >= 0.3 is 0 Å². The zero-order valence-electron chi connectivity index (χ0n) is 9.59. The SMILES string of the molecule is CC(=O)CCCCC[C@@H]1CCN(C)C1. The number of likely N-dealkylation sites (tertiary alicyclic amines) is 1. The highest BCUT2D eigenvalue weighted by atomic mass is 16.1. The van der Waals surface area contributed by atoms with Crippen LogP contribution in [0.25, 0.3) is 0 Å². The largest absolute Gasteiger partial charge is 0.306 e. The molecule has 2 heteroatoms. The van der Waals surface area contributed by atoms with Crippen molar-refractivity contribution in [2.24, 2.45) is 5.92 Å². The number of carbonyl (C=O) groups excluding carboxylic acids is 1. The minimum absolute atomic E-state index is 0.339. The third kappa shape index (κ3) is 4.75. The first-order valence-electron chi connectivity index (χ1n) is 5.86. The highest BCUT2D eigenvalue weighted by Crippen LogP contribution is 2.20. The second-order valence-electron chi connectivity index (χ2n) is 4.72. The second-order valence-corrected chi connectivity index (χ2v) is 4.72. The van der Waals surface area contributed by atoms with Gasteiger partial charge in [0, 0.05) is 13.0 Å². The third-order valence-corrected chi connectivity index (χ3v) is 3.13. The number of carbonyl (C=O) groups is 1. The van der Waals surface area contributed by atoms with E-state index in [9.17, 15) is 4.79 Å². The molecule has 0 radical (unpaired) electrons. The molecule has 0 amide bonds. The first-order valence-corrected chi connectivity index (χ1v) is 5.86. The Morgan fingerprint density at radius 2 is 2.14 bits per heavy atom. The van der Waals surface area contributed by atoms with Gasteiger partial charge in [0.05, 0.1) is 0 Å². The van der Waals surface area contributed by atoms with Crippen LogP contribution in [-0.4, -0.2) is 30.8 Å². The number of unbranched alkanes of at least 4 members (excludes halogenated alkanes) is 2. The Morgan fingerprint density at radius 3 is 2.71 bits per heavy atom. The molecule has 1 rings (SSSR count). The van der Waals surface area contributed by atoms with Crippen LogP contribution in [0.1, 0.15) is 45.4 Å². The van der Waals surface area contributed by atoms with E-state index in [1.54, 1.807) is 6.92 Å². The average molecular weight is 197 g/mol. The van der Waals surface area contributed by atoms with E-state index in [-0.39, 0.29) is 0 Å². The first kappa shape index (κ1) is 11.7. The summed E-state index contributed by atoms with van der Waals surface area (Å²) in [5.74, 6) is 1.27. The van der Waals surface area contributed by atoms with Gasteiger partial charge in [-0.3, -0.25) is 0 Å². The van der Waals surface area contributed by atoms with Gasteiger partial charge in [-0.1, -0.05) is 12.8 Å². The Balaban J connectivity index is 1.91. The molecule has 1 atom stereocenters. The number of nitrogens with zero attached hydrogens (tertiary/aromatic N) is 1. The van der Waals surface area contributed by atoms with E-state index in [4.69, 9.17) is 0 Å². The summed E-state index contributed by atoms with van der Waals surface area (Å²) in [6, 6.07) is 0. The fourth-order valence-electron chi connectivity index (χ4n) is 2.25. The molecule has 82 valence electrons. The van der Waals surface area contributed by atoms with Crippen molar-refractivity contribution in [2.45, 2.75) is 45.4 Å². The monoisotopic (exact) mass is 197 g/mol. The van der Waals surface area contributed by atoms with Crippen molar-refractivity contribution in [1.82, 2.24) is 4.90 Å². The summed E-state index contributed by atoms with van der Waals surface area (Å²) in [6.45, 7) is 4.25. The first-order chi connectivity index (χ1) is 6.68. The summed E-state index contributed by atoms with van der Waals surface area (Å²) in [5, 5.41) is 0. The van der Waals surface area contributed by atoms with Gasteiger partial charge in [-0.05, 0) is 45.7 Å². The van der Waals surface area contributed by atoms with E-state index in [1.165, 1.54) is 38.8 Å². The molecule has 0 unspecified atom stereocenters. The highest BCUT2D eigenvalue weighted by Gasteiger charge is 2.18. The molecule has 1 aliphatic rings. The van der Waals surface area contributed by atoms with E-state index in [2.05, 4.69) is 11.9 Å². The van der Waals surface area contributed by atoms with E-state index < -0.39 is 0 Å². The van der Waals surface area contributed by atoms with Crippen molar-refractivity contribution in [3.63, 3.8) is 0 Å². The summed E-state index contributed by atoms with van der Waals surface area (Å²) in [7, 11) is 2.20. The zero-order valence-corrected chi connectivity index (χ0v) is 9.59. The van der Waals surface area contributed by atoms with Crippen molar-refractivity contribution in [3.05, 3.63) is 0 Å². The van der Waals surface area contributed by atoms with Crippen molar-refractivity contribution in [3.8, 4) is 0 Å². The molecular weight excluding hydrogens is 174 g/mol. The molecule has 0 saturated carbocycles. The predicted molar refractivity (Wildman–Crippen MR) is 59.4 cm³/mol. The molecule has 2 nitrogen and oxygen atoms in total. The molecule has 0 aliphatic carbocycles. The van der Waals surface area contributed by atoms with Gasteiger partial charge in [0.2, 0.25) is 0 Å². The lowest BCUT2D eigenvalue weighted by molar-refractivity contribution is -0.117. The molecule has 0 aromatic heterocycles. The molecule has 1 fully saturated rings. The molecule has 0 N–H and O–H groups in total. The highest BCUT2D eigenvalue weighted by molar-refractivity contribution is 5.75. The molecule has 14 heavy (non-hydrogen) atoms. The smallest absolute Gasteiger partial charge is 0.129 e. The second kappa shape index (κ2) is 6.18. The summed E-state index contributed by atoms with van der Waals surface area (Å²) < 4.78 is 0. The standard InChI is InChI=1S/C12H23NO/c1-11(14)6-4-3-5-7-12-8-9-13(2)10-12/h12H,3-10H2,1-2H3/t12-/m1/s1. The van der Waals surface area contributed by atoms with Gasteiger partial charge in [0.25, 0.3) is 0 Å². The van der Waals surface area contributed by atoms with Gasteiger partial charge in [0.15, 0.2) is 0 Å². The van der Waals surface area contributed by atoms with Gasteiger partial charge in [-0.15, -0.1) is 0 Å². The van der Waals surface area contributed by atoms with Crippen LogP contribution in [0.15, 0.2) is 0 Å². The maximum atomic E-state index is 10.7. The number of rotatable bonds is 6. The number of hydrogen-bond acceptors (Lipinski definition) is 2. The lowest BCUT2D eigenvalue weighted by Crippen LogP contribution is -2.13. The van der Waals surface area contributed by atoms with Crippen LogP contribution < -0.4 is 0 Å². The van der Waals surface area contributed by atoms with Crippen LogP contribution in [0.3, 0.4) is 0 Å². The molecule has 0 aromatic rings. The molecule has 1 saturated heterocycles. The summed E-state index contributed by atoms with van der Waals surface area (Å²) >= 11 is 0. The fourth-order valence-corrected chi connectivity index (χ4v) is 2.25. The molecule has 1 aliphatic heterocycles. The Morgan fingerprint density at radius 1 is 1.36 bits per heavy atom. The Hall–Kier alpha value is -0.370. The summed E-state index contributed by atoms with van der Waals surface area (Å²) in [6.07, 6.45) is 7.17. The Labute approximate surface area is 87.7 Å². The minimum Gasteiger partial charge on any atom is -0.306 e. The summed E-state index contributed by atoms with van der Waals surface area (Å²) in [5.41, 5.74) is 0. The average Bonchev–Trinajstić information content (AvgIpc) is 2.50. The number of ketones is 1. The molecule has 0 bridgehead atoms. The van der Waals surface area contributed by atoms with E-state index >= 15 is 0 Å². The molecule has 0 spiro atoms. The topological polar surface area (TPSA) is 20.3 Å². The Kier molecular flexibility index (Phi) is 5.16. The van der Waals surface area contributed by atoms with E-state index in [0.29, 0.717) is 5.78 Å². The quantitative estimate of drug-likeness (QED) is 0.610. The predicted octanol–water partition coefficient (Wildman–Crippen LogP) is 2.48. The third-order valence-electron chi connectivity index (χ3n) is 3.13. The van der Waals surface area contributed by atoms with Crippen LogP contribution in [0.5, 0.6) is 0 Å². The van der Waals surface area contributed by atoms with Crippen LogP contribution in [0, 0.1) is 5.92 Å². The Bertz CT molecular complexity index is 179. The normalized spacial score (nSPS) is 22.9. The van der Waals surface area contributed by atoms with E-state index in [1.807, 2.05) is 0 Å². The summed E-state index contributed by atoms with van der Waals surface area (Å²) in [4.78, 5) is 13.1. The maximum absolute atomic E-state index is 10.7. The van der Waals surface area contributed by atoms with Crippen LogP contribution in [-0.2, 0) is 4.79 Å². The van der Waals surface area contributed by atoms with Crippen LogP contribution in [0.4, 0.5) is 0 Å². The molecule has 1 heterocycles. The van der Waals surface area contributed by atoms with Gasteiger partial charge in [0.1, 0.15) is 5.78 Å². The van der Waals surface area contributed by atoms with Crippen molar-refractivity contribution in [1.29, 1.82) is 0 Å². The molecular formula is C12H23NO. The van der Waals surface area contributed by atoms with Crippen LogP contribution >= 0.6 is 0 Å². The number of hydrogen-bond donors (Lipinski definition) is 0.